The highest BCUT2D eigenvalue weighted by Crippen LogP contribution is 2.44. The van der Waals surface area contributed by atoms with E-state index in [1.165, 1.54) is 47.9 Å². The number of nitrogens with zero attached hydrogens (tertiary/aromatic N) is 1. The number of aryl methyl sites for hydroxylation is 2. The van der Waals surface area contributed by atoms with Crippen LogP contribution in [0.5, 0.6) is 0 Å². The van der Waals surface area contributed by atoms with E-state index >= 15 is 0 Å². The maximum Gasteiger partial charge on any atom is 0.0667 e. The zero-order valence-corrected chi connectivity index (χ0v) is 20.2. The molecule has 0 N–H and O–H groups in total. The molecule has 0 radical (unpaired) electrons. The van der Waals surface area contributed by atoms with Gasteiger partial charge in [-0.25, -0.2) is 0 Å². The molecule has 2 unspecified atom stereocenters. The van der Waals surface area contributed by atoms with Crippen molar-refractivity contribution in [2.45, 2.75) is 46.0 Å². The first-order valence-corrected chi connectivity index (χ1v) is 12.5. The third kappa shape index (κ3) is 4.72. The van der Waals surface area contributed by atoms with Gasteiger partial charge in [0, 0.05) is 4.91 Å². The summed E-state index contributed by atoms with van der Waals surface area (Å²) in [7, 11) is 0. The average Bonchev–Trinajstić information content (AvgIpc) is 2.69. The van der Waals surface area contributed by atoms with Gasteiger partial charge in [0.05, 0.1) is 9.91 Å². The highest BCUT2D eigenvalue weighted by Gasteiger charge is 2.35. The molecule has 1 fully saturated rings. The van der Waals surface area contributed by atoms with Gasteiger partial charge in [0.1, 0.15) is 0 Å². The number of hydrogen-bond donors (Lipinski definition) is 0. The van der Waals surface area contributed by atoms with Crippen molar-refractivity contribution in [2.75, 3.05) is 0 Å². The van der Waals surface area contributed by atoms with E-state index in [9.17, 15) is 0 Å². The Kier molecular flexibility index (Phi) is 6.65. The Bertz CT molecular complexity index is 988. The maximum absolute atomic E-state index is 4.43. The summed E-state index contributed by atoms with van der Waals surface area (Å²) in [5, 5.41) is 2.19. The number of rotatable bonds is 6. The molecule has 3 heteroatoms. The van der Waals surface area contributed by atoms with Crippen molar-refractivity contribution >= 4 is 49.2 Å². The fraction of sp³-hybridized carbons (Fsp3) is 0.346. The van der Waals surface area contributed by atoms with Crippen LogP contribution in [0.2, 0.25) is 0 Å². The molecule has 29 heavy (non-hydrogen) atoms. The third-order valence-corrected chi connectivity index (χ3v) is 7.68. The summed E-state index contributed by atoms with van der Waals surface area (Å²) < 4.78 is 1.83. The largest absolute Gasteiger partial charge is 0.250 e. The van der Waals surface area contributed by atoms with Crippen molar-refractivity contribution in [3.8, 4) is 0 Å². The summed E-state index contributed by atoms with van der Waals surface area (Å²) in [6, 6.07) is 11.4. The first-order valence-electron chi connectivity index (χ1n) is 10.4. The molecular weight excluding hydrogens is 485 g/mol. The molecule has 4 rings (SSSR count). The molecule has 0 heterocycles. The SMILES string of the molecule is C=C(S/C=C/Cc1cc(C)c(N=CI)cc1C)c1ccc2c(c1)CC1CCC1C2. The van der Waals surface area contributed by atoms with Crippen molar-refractivity contribution < 1.29 is 0 Å². The minimum atomic E-state index is 0.939. The Morgan fingerprint density at radius 1 is 1.10 bits per heavy atom. The summed E-state index contributed by atoms with van der Waals surface area (Å²) in [6.07, 6.45) is 8.62. The van der Waals surface area contributed by atoms with Gasteiger partial charge in [-0.2, -0.15) is 0 Å². The zero-order chi connectivity index (χ0) is 20.4. The molecule has 1 saturated carbocycles. The van der Waals surface area contributed by atoms with Crippen molar-refractivity contribution in [1.29, 1.82) is 0 Å². The van der Waals surface area contributed by atoms with Crippen LogP contribution >= 0.6 is 34.4 Å². The van der Waals surface area contributed by atoms with Gasteiger partial charge in [-0.15, -0.1) is 0 Å². The van der Waals surface area contributed by atoms with Gasteiger partial charge < -0.3 is 0 Å². The lowest BCUT2D eigenvalue weighted by Gasteiger charge is -2.41. The molecule has 2 aromatic carbocycles. The topological polar surface area (TPSA) is 12.4 Å². The molecule has 2 aliphatic rings. The van der Waals surface area contributed by atoms with E-state index in [4.69, 9.17) is 0 Å². The van der Waals surface area contributed by atoms with E-state index < -0.39 is 0 Å². The molecule has 1 nitrogen and oxygen atoms in total. The smallest absolute Gasteiger partial charge is 0.0667 e. The van der Waals surface area contributed by atoms with E-state index in [0.717, 1.165) is 28.8 Å². The van der Waals surface area contributed by atoms with Crippen LogP contribution in [0.1, 0.15) is 46.2 Å². The Morgan fingerprint density at radius 2 is 1.86 bits per heavy atom. The minimum Gasteiger partial charge on any atom is -0.250 e. The molecule has 2 aromatic rings. The molecule has 0 aliphatic heterocycles. The normalized spacial score (nSPS) is 20.5. The first-order chi connectivity index (χ1) is 14.0. The fourth-order valence-corrected chi connectivity index (χ4v) is 5.49. The molecule has 0 aromatic heterocycles. The highest BCUT2D eigenvalue weighted by molar-refractivity contribution is 14.1. The molecular formula is C26H28INS. The summed E-state index contributed by atoms with van der Waals surface area (Å²) in [5.74, 6) is 1.91. The summed E-state index contributed by atoms with van der Waals surface area (Å²) in [5.41, 5.74) is 9.37. The average molecular weight is 513 g/mol. The number of hydrogen-bond acceptors (Lipinski definition) is 2. The molecule has 0 amide bonds. The van der Waals surface area contributed by atoms with E-state index in [-0.39, 0.29) is 0 Å². The molecule has 2 aliphatic carbocycles. The lowest BCUT2D eigenvalue weighted by atomic mass is 9.64. The van der Waals surface area contributed by atoms with Crippen LogP contribution in [0.3, 0.4) is 0 Å². The zero-order valence-electron chi connectivity index (χ0n) is 17.2. The van der Waals surface area contributed by atoms with E-state index in [0.29, 0.717) is 0 Å². The fourth-order valence-electron chi connectivity index (χ4n) is 4.57. The number of thioether (sulfide) groups is 1. The standard InChI is InChI=1S/C26H28INS/c1-17-12-26(28-16-27)18(2)11-20(17)5-4-10-29-19(3)21-6-7-24-14-22-8-9-23(22)15-25(24)13-21/h4,6-7,10-13,16,22-23H,3,5,8-9,14-15H2,1-2H3/b10-4+,28-16?. The van der Waals surface area contributed by atoms with Crippen molar-refractivity contribution in [3.63, 3.8) is 0 Å². The predicted octanol–water partition coefficient (Wildman–Crippen LogP) is 7.98. The number of halogens is 1. The number of fused-ring (bicyclic) bond motifs is 2. The lowest BCUT2D eigenvalue weighted by molar-refractivity contribution is 0.162. The molecule has 2 atom stereocenters. The van der Waals surface area contributed by atoms with E-state index in [1.807, 2.05) is 4.22 Å². The van der Waals surface area contributed by atoms with Crippen LogP contribution in [0.4, 0.5) is 5.69 Å². The van der Waals surface area contributed by atoms with Crippen molar-refractivity contribution in [2.24, 2.45) is 16.8 Å². The van der Waals surface area contributed by atoms with E-state index in [2.05, 4.69) is 89.8 Å². The van der Waals surface area contributed by atoms with Crippen LogP contribution in [-0.4, -0.2) is 4.22 Å². The number of benzene rings is 2. The van der Waals surface area contributed by atoms with Crippen LogP contribution in [0, 0.1) is 25.7 Å². The second-order valence-electron chi connectivity index (χ2n) is 8.40. The molecule has 0 bridgehead atoms. The first kappa shape index (κ1) is 20.9. The quantitative estimate of drug-likeness (QED) is 0.282. The Balaban J connectivity index is 1.37. The molecule has 150 valence electrons. The summed E-state index contributed by atoms with van der Waals surface area (Å²) in [4.78, 5) is 5.57. The van der Waals surface area contributed by atoms with Gasteiger partial charge in [-0.3, -0.25) is 4.99 Å². The van der Waals surface area contributed by atoms with Crippen LogP contribution in [0.15, 0.2) is 53.4 Å². The van der Waals surface area contributed by atoms with E-state index in [1.54, 1.807) is 22.9 Å². The summed E-state index contributed by atoms with van der Waals surface area (Å²) in [6.45, 7) is 8.62. The van der Waals surface area contributed by atoms with Crippen molar-refractivity contribution in [1.82, 2.24) is 0 Å². The van der Waals surface area contributed by atoms with Crippen molar-refractivity contribution in [3.05, 3.63) is 81.8 Å². The van der Waals surface area contributed by atoms with Gasteiger partial charge >= 0.3 is 0 Å². The third-order valence-electron chi connectivity index (χ3n) is 6.55. The predicted molar refractivity (Wildman–Crippen MR) is 138 cm³/mol. The minimum absolute atomic E-state index is 0.939. The second-order valence-corrected chi connectivity index (χ2v) is 9.96. The monoisotopic (exact) mass is 513 g/mol. The highest BCUT2D eigenvalue weighted by atomic mass is 127. The lowest BCUT2D eigenvalue weighted by Crippen LogP contribution is -2.33. The second kappa shape index (κ2) is 9.22. The van der Waals surface area contributed by atoms with Gasteiger partial charge in [0.2, 0.25) is 0 Å². The van der Waals surface area contributed by atoms with Gasteiger partial charge in [0.25, 0.3) is 0 Å². The van der Waals surface area contributed by atoms with Gasteiger partial charge in [-0.1, -0.05) is 48.7 Å². The molecule has 0 spiro atoms. The van der Waals surface area contributed by atoms with Crippen LogP contribution in [-0.2, 0) is 19.3 Å². The van der Waals surface area contributed by atoms with Gasteiger partial charge in [0.15, 0.2) is 0 Å². The van der Waals surface area contributed by atoms with Crippen LogP contribution < -0.4 is 0 Å². The Morgan fingerprint density at radius 3 is 2.59 bits per heavy atom. The van der Waals surface area contributed by atoms with Gasteiger partial charge in [-0.05, 0) is 125 Å². The Labute approximate surface area is 192 Å². The maximum atomic E-state index is 4.43. The number of aliphatic imine (C=N–C) groups is 1. The molecule has 0 saturated heterocycles. The van der Waals surface area contributed by atoms with Crippen LogP contribution in [0.25, 0.3) is 4.91 Å². The number of allylic oxidation sites excluding steroid dienone is 1. The Hall–Kier alpha value is -1.33. The summed E-state index contributed by atoms with van der Waals surface area (Å²) >= 11 is 3.91.